The Morgan fingerprint density at radius 3 is 2.54 bits per heavy atom. The van der Waals surface area contributed by atoms with E-state index in [1.807, 2.05) is 51.1 Å². The molecular formula is C30H35NO6. The van der Waals surface area contributed by atoms with E-state index < -0.39 is 5.92 Å². The van der Waals surface area contributed by atoms with E-state index in [0.29, 0.717) is 53.6 Å². The van der Waals surface area contributed by atoms with Crippen LogP contribution >= 0.6 is 0 Å². The van der Waals surface area contributed by atoms with Crippen LogP contribution in [0.25, 0.3) is 0 Å². The molecule has 1 fully saturated rings. The summed E-state index contributed by atoms with van der Waals surface area (Å²) < 4.78 is 23.1. The Labute approximate surface area is 217 Å². The smallest absolute Gasteiger partial charge is 0.337 e. The molecule has 1 aromatic heterocycles. The number of hydrogen-bond acceptors (Lipinski definition) is 7. The number of carbonyl (C=O) groups excluding carboxylic acids is 2. The summed E-state index contributed by atoms with van der Waals surface area (Å²) in [5.74, 6) is 1.70. The second kappa shape index (κ2) is 10.5. The van der Waals surface area contributed by atoms with Crippen molar-refractivity contribution >= 4 is 11.8 Å². The van der Waals surface area contributed by atoms with Crippen molar-refractivity contribution in [2.24, 2.45) is 0 Å². The lowest BCUT2D eigenvalue weighted by atomic mass is 9.73. The van der Waals surface area contributed by atoms with Gasteiger partial charge < -0.3 is 23.9 Å². The molecule has 7 heteroatoms. The highest BCUT2D eigenvalue weighted by Crippen LogP contribution is 2.47. The number of rotatable bonds is 7. The van der Waals surface area contributed by atoms with Gasteiger partial charge in [-0.15, -0.1) is 0 Å². The number of aryl methyl sites for hydroxylation is 1. The first-order valence-corrected chi connectivity index (χ1v) is 13.2. The third-order valence-corrected chi connectivity index (χ3v) is 7.63. The number of benzene rings is 1. The second-order valence-electron chi connectivity index (χ2n) is 10.1. The highest BCUT2D eigenvalue weighted by molar-refractivity contribution is 6.04. The molecule has 3 aliphatic rings. The van der Waals surface area contributed by atoms with Gasteiger partial charge in [-0.2, -0.15) is 0 Å². The van der Waals surface area contributed by atoms with Crippen molar-refractivity contribution in [3.8, 4) is 11.5 Å². The Balaban J connectivity index is 1.49. The van der Waals surface area contributed by atoms with Crippen LogP contribution < -0.4 is 14.8 Å². The summed E-state index contributed by atoms with van der Waals surface area (Å²) in [6, 6.07) is 9.59. The third kappa shape index (κ3) is 4.91. The molecule has 0 bridgehead atoms. The second-order valence-corrected chi connectivity index (χ2v) is 10.1. The summed E-state index contributed by atoms with van der Waals surface area (Å²) in [5.41, 5.74) is 3.63. The number of hydrogen-bond donors (Lipinski definition) is 1. The van der Waals surface area contributed by atoms with Crippen molar-refractivity contribution in [2.75, 3.05) is 13.7 Å². The van der Waals surface area contributed by atoms with Gasteiger partial charge in [-0.25, -0.2) is 4.79 Å². The molecule has 2 atom stereocenters. The van der Waals surface area contributed by atoms with Crippen LogP contribution in [0, 0.1) is 6.92 Å². The monoisotopic (exact) mass is 505 g/mol. The molecule has 2 unspecified atom stereocenters. The quantitative estimate of drug-likeness (QED) is 0.473. The van der Waals surface area contributed by atoms with Crippen molar-refractivity contribution in [1.82, 2.24) is 5.32 Å². The van der Waals surface area contributed by atoms with Gasteiger partial charge in [0.2, 0.25) is 0 Å². The summed E-state index contributed by atoms with van der Waals surface area (Å²) in [6.07, 6.45) is 4.81. The minimum atomic E-state index is -0.581. The molecular weight excluding hydrogens is 470 g/mol. The molecule has 5 rings (SSSR count). The molecule has 2 heterocycles. The SMILES string of the molecule is CCOc1ccc(C2CC(=O)C3=C(C2)NC(C)=C(C(=O)OC2CCCC2)C3c2ccc(C)o2)cc1OC. The lowest BCUT2D eigenvalue weighted by molar-refractivity contribution is -0.144. The van der Waals surface area contributed by atoms with Crippen LogP contribution in [0.4, 0.5) is 0 Å². The third-order valence-electron chi connectivity index (χ3n) is 7.63. The van der Waals surface area contributed by atoms with Crippen molar-refractivity contribution < 1.29 is 28.2 Å². The minimum Gasteiger partial charge on any atom is -0.493 e. The van der Waals surface area contributed by atoms with Crippen LogP contribution in [0.2, 0.25) is 0 Å². The van der Waals surface area contributed by atoms with Gasteiger partial charge in [0.25, 0.3) is 0 Å². The predicted octanol–water partition coefficient (Wildman–Crippen LogP) is 5.84. The zero-order chi connectivity index (χ0) is 26.1. The zero-order valence-electron chi connectivity index (χ0n) is 22.0. The minimum absolute atomic E-state index is 0.00400. The largest absolute Gasteiger partial charge is 0.493 e. The molecule has 1 saturated carbocycles. The molecule has 2 aromatic rings. The van der Waals surface area contributed by atoms with Crippen LogP contribution in [-0.2, 0) is 14.3 Å². The molecule has 0 amide bonds. The first kappa shape index (κ1) is 25.2. The summed E-state index contributed by atoms with van der Waals surface area (Å²) in [4.78, 5) is 27.2. The Bertz CT molecular complexity index is 1260. The Morgan fingerprint density at radius 1 is 1.08 bits per heavy atom. The van der Waals surface area contributed by atoms with Crippen molar-refractivity contribution in [2.45, 2.75) is 77.2 Å². The van der Waals surface area contributed by atoms with Crippen molar-refractivity contribution in [3.05, 3.63) is 70.0 Å². The van der Waals surface area contributed by atoms with E-state index in [2.05, 4.69) is 5.32 Å². The highest BCUT2D eigenvalue weighted by atomic mass is 16.5. The topological polar surface area (TPSA) is 87.0 Å². The lowest BCUT2D eigenvalue weighted by Crippen LogP contribution is -2.36. The number of dihydropyridines is 1. The van der Waals surface area contributed by atoms with Gasteiger partial charge in [0.05, 0.1) is 25.2 Å². The number of ketones is 1. The van der Waals surface area contributed by atoms with Crippen LogP contribution in [0.5, 0.6) is 11.5 Å². The van der Waals surface area contributed by atoms with E-state index in [9.17, 15) is 9.59 Å². The average Bonchev–Trinajstić information content (AvgIpc) is 3.55. The maximum Gasteiger partial charge on any atom is 0.337 e. The molecule has 0 saturated heterocycles. The van der Waals surface area contributed by atoms with Gasteiger partial charge in [0, 0.05) is 23.4 Å². The molecule has 2 aliphatic carbocycles. The van der Waals surface area contributed by atoms with Crippen molar-refractivity contribution in [1.29, 1.82) is 0 Å². The number of furan rings is 1. The summed E-state index contributed by atoms with van der Waals surface area (Å²) in [5, 5.41) is 3.41. The molecule has 0 radical (unpaired) electrons. The van der Waals surface area contributed by atoms with E-state index in [4.69, 9.17) is 18.6 Å². The molecule has 196 valence electrons. The van der Waals surface area contributed by atoms with Gasteiger partial charge in [-0.1, -0.05) is 6.07 Å². The highest BCUT2D eigenvalue weighted by Gasteiger charge is 2.43. The van der Waals surface area contributed by atoms with E-state index >= 15 is 0 Å². The van der Waals surface area contributed by atoms with E-state index in [1.54, 1.807) is 7.11 Å². The summed E-state index contributed by atoms with van der Waals surface area (Å²) in [6.45, 7) is 6.22. The van der Waals surface area contributed by atoms with Gasteiger partial charge in [0.15, 0.2) is 17.3 Å². The summed E-state index contributed by atoms with van der Waals surface area (Å²) in [7, 11) is 1.62. The molecule has 7 nitrogen and oxygen atoms in total. The number of methoxy groups -OCH3 is 1. The molecule has 1 aromatic carbocycles. The number of Topliss-reactive ketones (excluding diaryl/α,β-unsaturated/α-hetero) is 1. The van der Waals surface area contributed by atoms with Crippen LogP contribution in [-0.4, -0.2) is 31.6 Å². The first-order chi connectivity index (χ1) is 17.9. The molecule has 1 N–H and O–H groups in total. The van der Waals surface area contributed by atoms with Gasteiger partial charge in [-0.05, 0) is 88.6 Å². The maximum atomic E-state index is 13.8. The normalized spacial score (nSPS) is 22.1. The van der Waals surface area contributed by atoms with Gasteiger partial charge >= 0.3 is 5.97 Å². The Morgan fingerprint density at radius 2 is 1.86 bits per heavy atom. The van der Waals surface area contributed by atoms with Crippen LogP contribution in [0.3, 0.4) is 0 Å². The lowest BCUT2D eigenvalue weighted by Gasteiger charge is -2.36. The molecule has 0 spiro atoms. The fourth-order valence-corrected chi connectivity index (χ4v) is 5.87. The standard InChI is InChI=1S/C30H35NO6/c1-5-35-24-13-11-19(16-26(24)34-4)20-14-22-28(23(32)15-20)29(25-12-10-17(2)36-25)27(18(3)31-22)30(33)37-21-8-6-7-9-21/h10-13,16,20-21,29,31H,5-9,14-15H2,1-4H3. The fraction of sp³-hybridized carbons (Fsp3) is 0.467. The molecule has 1 aliphatic heterocycles. The number of nitrogens with one attached hydrogen (secondary N) is 1. The maximum absolute atomic E-state index is 13.8. The number of ether oxygens (including phenoxy) is 3. The van der Waals surface area contributed by atoms with Gasteiger partial charge in [-0.3, -0.25) is 4.79 Å². The van der Waals surface area contributed by atoms with Crippen molar-refractivity contribution in [3.63, 3.8) is 0 Å². The van der Waals surface area contributed by atoms with Crippen LogP contribution in [0.1, 0.15) is 81.3 Å². The fourth-order valence-electron chi connectivity index (χ4n) is 5.87. The van der Waals surface area contributed by atoms with E-state index in [1.165, 1.54) is 0 Å². The first-order valence-electron chi connectivity index (χ1n) is 13.2. The Kier molecular flexibility index (Phi) is 7.13. The van der Waals surface area contributed by atoms with Crippen LogP contribution in [0.15, 0.2) is 57.3 Å². The Hall–Kier alpha value is -3.48. The van der Waals surface area contributed by atoms with Gasteiger partial charge in [0.1, 0.15) is 17.6 Å². The number of esters is 1. The average molecular weight is 506 g/mol. The van der Waals surface area contributed by atoms with E-state index in [0.717, 1.165) is 42.7 Å². The van der Waals surface area contributed by atoms with E-state index in [-0.39, 0.29) is 23.8 Å². The number of allylic oxidation sites excluding steroid dienone is 3. The number of carbonyl (C=O) groups is 2. The summed E-state index contributed by atoms with van der Waals surface area (Å²) >= 11 is 0. The zero-order valence-corrected chi connectivity index (χ0v) is 22.0. The molecule has 37 heavy (non-hydrogen) atoms. The predicted molar refractivity (Wildman–Crippen MR) is 139 cm³/mol.